The lowest BCUT2D eigenvalue weighted by atomic mass is 9.85. The molecule has 0 saturated heterocycles. The highest BCUT2D eigenvalue weighted by atomic mass is 16.4. The van der Waals surface area contributed by atoms with E-state index in [0.717, 1.165) is 82.3 Å². The molecule has 6 heteroatoms. The number of hydrogen-bond donors (Lipinski definition) is 5. The summed E-state index contributed by atoms with van der Waals surface area (Å²) in [5.74, 6) is -4.28. The lowest BCUT2D eigenvalue weighted by Gasteiger charge is -2.19. The monoisotopic (exact) mass is 676 g/mol. The second-order valence-corrected chi connectivity index (χ2v) is 13.2. The number of para-hydroxylation sites is 1. The van der Waals surface area contributed by atoms with Crippen molar-refractivity contribution in [2.75, 3.05) is 0 Å². The Hall–Kier alpha value is -7.18. The van der Waals surface area contributed by atoms with Crippen LogP contribution in [0.1, 0.15) is 0 Å². The quantitative estimate of drug-likeness (QED) is 0.0720. The minimum Gasteiger partial charge on any atom is -0.504 e. The van der Waals surface area contributed by atoms with Gasteiger partial charge in [0, 0.05) is 10.8 Å². The third-order valence-electron chi connectivity index (χ3n) is 10.4. The van der Waals surface area contributed by atoms with Crippen molar-refractivity contribution < 1.29 is 29.9 Å². The molecule has 10 rings (SSSR count). The van der Waals surface area contributed by atoms with Crippen LogP contribution in [0.25, 0.3) is 98.8 Å². The average Bonchev–Trinajstić information content (AvgIpc) is 3.57. The predicted octanol–water partition coefficient (Wildman–Crippen LogP) is 11.7. The van der Waals surface area contributed by atoms with Crippen molar-refractivity contribution in [1.82, 2.24) is 0 Å². The van der Waals surface area contributed by atoms with Gasteiger partial charge >= 0.3 is 0 Å². The molecule has 9 aromatic carbocycles. The minimum absolute atomic E-state index is 0.178. The number of phenols is 5. The van der Waals surface area contributed by atoms with Crippen molar-refractivity contribution in [3.8, 4) is 73.3 Å². The molecule has 0 aliphatic carbocycles. The van der Waals surface area contributed by atoms with Gasteiger partial charge in [-0.3, -0.25) is 0 Å². The molecule has 6 nitrogen and oxygen atoms in total. The molecule has 1 aromatic heterocycles. The van der Waals surface area contributed by atoms with E-state index in [1.54, 1.807) is 6.07 Å². The summed E-state index contributed by atoms with van der Waals surface area (Å²) in [6.07, 6.45) is 0. The van der Waals surface area contributed by atoms with Crippen molar-refractivity contribution in [3.05, 3.63) is 140 Å². The summed E-state index contributed by atoms with van der Waals surface area (Å²) >= 11 is 0. The Balaban J connectivity index is 1.26. The summed E-state index contributed by atoms with van der Waals surface area (Å²) in [5, 5.41) is 60.2. The molecule has 0 aliphatic rings. The molecule has 0 bridgehead atoms. The molecule has 0 radical (unpaired) electrons. The van der Waals surface area contributed by atoms with E-state index in [9.17, 15) is 25.5 Å². The van der Waals surface area contributed by atoms with Gasteiger partial charge in [-0.15, -0.1) is 0 Å². The highest BCUT2D eigenvalue weighted by Crippen LogP contribution is 2.56. The zero-order chi connectivity index (χ0) is 35.2. The van der Waals surface area contributed by atoms with Crippen LogP contribution in [0.15, 0.2) is 144 Å². The fourth-order valence-corrected chi connectivity index (χ4v) is 7.94. The Morgan fingerprint density at radius 3 is 1.60 bits per heavy atom. The molecule has 1 heterocycles. The second-order valence-electron chi connectivity index (χ2n) is 13.2. The first kappa shape index (κ1) is 29.7. The van der Waals surface area contributed by atoms with Gasteiger partial charge in [0.1, 0.15) is 11.2 Å². The fourth-order valence-electron chi connectivity index (χ4n) is 7.94. The molecular formula is C46H28O6. The molecule has 0 atom stereocenters. The molecule has 10 aromatic rings. The third kappa shape index (κ3) is 4.18. The van der Waals surface area contributed by atoms with Crippen LogP contribution in [0.2, 0.25) is 0 Å². The fraction of sp³-hybridized carbons (Fsp3) is 0. The zero-order valence-corrected chi connectivity index (χ0v) is 27.4. The summed E-state index contributed by atoms with van der Waals surface area (Å²) < 4.78 is 6.53. The summed E-state index contributed by atoms with van der Waals surface area (Å²) in [4.78, 5) is 0. The van der Waals surface area contributed by atoms with Gasteiger partial charge < -0.3 is 29.9 Å². The summed E-state index contributed by atoms with van der Waals surface area (Å²) in [6.45, 7) is 0. The molecule has 0 aliphatic heterocycles. The Morgan fingerprint density at radius 1 is 0.327 bits per heavy atom. The van der Waals surface area contributed by atoms with Gasteiger partial charge in [-0.2, -0.15) is 0 Å². The first-order valence-electron chi connectivity index (χ1n) is 16.9. The molecule has 0 saturated carbocycles. The SMILES string of the molecule is Oc1c(O)c(O)c(-c2ccc3ccc4c(-c5cc(-c6cccc(-c7ccccc7)c6)cc6oc7ccccc7c56)ccc5ccc2c3c54)c(O)c1O. The Morgan fingerprint density at radius 2 is 0.885 bits per heavy atom. The molecule has 0 amide bonds. The normalized spacial score (nSPS) is 11.8. The van der Waals surface area contributed by atoms with Crippen LogP contribution in [0.3, 0.4) is 0 Å². The van der Waals surface area contributed by atoms with E-state index in [0.29, 0.717) is 10.9 Å². The van der Waals surface area contributed by atoms with Crippen molar-refractivity contribution in [2.24, 2.45) is 0 Å². The Kier molecular flexibility index (Phi) is 6.23. The van der Waals surface area contributed by atoms with E-state index >= 15 is 0 Å². The molecule has 0 fully saturated rings. The van der Waals surface area contributed by atoms with Gasteiger partial charge in [0.05, 0.1) is 5.56 Å². The maximum atomic E-state index is 10.9. The van der Waals surface area contributed by atoms with Crippen LogP contribution in [-0.4, -0.2) is 25.5 Å². The maximum Gasteiger partial charge on any atom is 0.208 e. The van der Waals surface area contributed by atoms with Crippen LogP contribution in [0.4, 0.5) is 0 Å². The molecule has 5 N–H and O–H groups in total. The largest absolute Gasteiger partial charge is 0.504 e. The number of rotatable bonds is 4. The molecule has 248 valence electrons. The lowest BCUT2D eigenvalue weighted by molar-refractivity contribution is 0.330. The highest BCUT2D eigenvalue weighted by Gasteiger charge is 2.26. The van der Waals surface area contributed by atoms with E-state index in [2.05, 4.69) is 78.9 Å². The van der Waals surface area contributed by atoms with Crippen LogP contribution in [0, 0.1) is 0 Å². The van der Waals surface area contributed by atoms with E-state index < -0.39 is 28.7 Å². The van der Waals surface area contributed by atoms with E-state index in [-0.39, 0.29) is 5.56 Å². The second kappa shape index (κ2) is 10.9. The minimum atomic E-state index is -0.992. The van der Waals surface area contributed by atoms with Crippen molar-refractivity contribution >= 4 is 54.3 Å². The average molecular weight is 677 g/mol. The Bertz CT molecular complexity index is 3040. The van der Waals surface area contributed by atoms with Gasteiger partial charge in [0.2, 0.25) is 17.2 Å². The maximum absolute atomic E-state index is 10.9. The first-order valence-corrected chi connectivity index (χ1v) is 16.9. The number of hydrogen-bond acceptors (Lipinski definition) is 6. The van der Waals surface area contributed by atoms with Crippen molar-refractivity contribution in [2.45, 2.75) is 0 Å². The third-order valence-corrected chi connectivity index (χ3v) is 10.4. The van der Waals surface area contributed by atoms with Crippen LogP contribution < -0.4 is 0 Å². The number of aromatic hydroxyl groups is 5. The smallest absolute Gasteiger partial charge is 0.208 e. The van der Waals surface area contributed by atoms with Crippen LogP contribution in [0.5, 0.6) is 28.7 Å². The standard InChI is InChI=1S/C46H28O6/c47-42-41(43(48)45(50)46(51)44(42)49)33-20-16-26-14-18-31-30(17-13-25-15-19-32(33)39(26)38(25)31)35-22-29(23-37-40(35)34-11-4-5-12-36(34)52-37)28-10-6-9-27(21-28)24-7-2-1-3-8-24/h1-23,47-51H. The predicted molar refractivity (Wildman–Crippen MR) is 207 cm³/mol. The zero-order valence-electron chi connectivity index (χ0n) is 27.4. The topological polar surface area (TPSA) is 114 Å². The number of benzene rings is 9. The molecule has 0 spiro atoms. The van der Waals surface area contributed by atoms with E-state index in [1.165, 1.54) is 0 Å². The molecule has 0 unspecified atom stereocenters. The summed E-state index contributed by atoms with van der Waals surface area (Å²) in [7, 11) is 0. The number of phenolic OH excluding ortho intramolecular Hbond substituents is 5. The summed E-state index contributed by atoms with van der Waals surface area (Å²) in [6, 6.07) is 47.2. The van der Waals surface area contributed by atoms with Gasteiger partial charge in [-0.25, -0.2) is 0 Å². The van der Waals surface area contributed by atoms with Gasteiger partial charge in [-0.05, 0) is 95.5 Å². The molecular weight excluding hydrogens is 649 g/mol. The van der Waals surface area contributed by atoms with Crippen molar-refractivity contribution in [1.29, 1.82) is 0 Å². The Labute approximate surface area is 296 Å². The van der Waals surface area contributed by atoms with Crippen molar-refractivity contribution in [3.63, 3.8) is 0 Å². The highest BCUT2D eigenvalue weighted by molar-refractivity contribution is 6.29. The number of furan rings is 1. The summed E-state index contributed by atoms with van der Waals surface area (Å²) in [5.41, 5.74) is 8.16. The van der Waals surface area contributed by atoms with Crippen LogP contribution >= 0.6 is 0 Å². The van der Waals surface area contributed by atoms with E-state index in [4.69, 9.17) is 4.42 Å². The lowest BCUT2D eigenvalue weighted by Crippen LogP contribution is -1.91. The number of fused-ring (bicyclic) bond motifs is 3. The first-order chi connectivity index (χ1) is 25.4. The van der Waals surface area contributed by atoms with Gasteiger partial charge in [-0.1, -0.05) is 115 Å². The van der Waals surface area contributed by atoms with Crippen LogP contribution in [-0.2, 0) is 0 Å². The van der Waals surface area contributed by atoms with Gasteiger partial charge in [0.25, 0.3) is 0 Å². The van der Waals surface area contributed by atoms with Gasteiger partial charge in [0.15, 0.2) is 11.5 Å². The van der Waals surface area contributed by atoms with E-state index in [1.807, 2.05) is 54.6 Å². The molecule has 52 heavy (non-hydrogen) atoms.